The molecule has 0 N–H and O–H groups in total. The fourth-order valence-corrected chi connectivity index (χ4v) is 5.38. The Morgan fingerprint density at radius 1 is 1.14 bits per heavy atom. The smallest absolute Gasteiger partial charge is 0.332 e. The molecule has 4 heterocycles. The minimum absolute atomic E-state index is 0.0327. The molecule has 0 bridgehead atoms. The van der Waals surface area contributed by atoms with Crippen LogP contribution in [0.5, 0.6) is 11.5 Å². The molecule has 5 rings (SSSR count). The molecule has 0 aliphatic carbocycles. The van der Waals surface area contributed by atoms with Gasteiger partial charge in [0.2, 0.25) is 12.7 Å². The first-order chi connectivity index (χ1) is 17.0. The van der Waals surface area contributed by atoms with Crippen molar-refractivity contribution < 1.29 is 23.8 Å². The second kappa shape index (κ2) is 9.57. The van der Waals surface area contributed by atoms with Gasteiger partial charge in [-0.05, 0) is 48.9 Å². The van der Waals surface area contributed by atoms with Crippen molar-refractivity contribution in [2.75, 3.05) is 26.5 Å². The standard InChI is InChI=1S/C24H25N3O7S/c1-2-32-23(30)16-4-3-8-25(12-16)20(28)13-26-17-7-9-35-21(17)22(29)27(24(26)31)11-15-5-6-18-19(10-15)34-14-33-18/h5-7,9-10,16H,2-4,8,11-14H2,1H3/t16-/m0/s1. The molecule has 2 aromatic heterocycles. The van der Waals surface area contributed by atoms with Crippen molar-refractivity contribution in [3.05, 3.63) is 56.0 Å². The van der Waals surface area contributed by atoms with E-state index in [1.54, 1.807) is 41.5 Å². The quantitative estimate of drug-likeness (QED) is 0.476. The predicted molar refractivity (Wildman–Crippen MR) is 128 cm³/mol. The van der Waals surface area contributed by atoms with Crippen LogP contribution in [-0.4, -0.2) is 52.4 Å². The van der Waals surface area contributed by atoms with Gasteiger partial charge in [0.25, 0.3) is 5.56 Å². The molecule has 11 heteroatoms. The molecule has 1 saturated heterocycles. The van der Waals surface area contributed by atoms with E-state index in [-0.39, 0.29) is 44.2 Å². The minimum atomic E-state index is -0.564. The normalized spacial score (nSPS) is 17.1. The molecule has 10 nitrogen and oxygen atoms in total. The summed E-state index contributed by atoms with van der Waals surface area (Å²) in [7, 11) is 0. The Hall–Kier alpha value is -3.60. The van der Waals surface area contributed by atoms with E-state index < -0.39 is 11.2 Å². The molecule has 1 fully saturated rings. The van der Waals surface area contributed by atoms with Crippen LogP contribution in [0.25, 0.3) is 10.2 Å². The van der Waals surface area contributed by atoms with Crippen molar-refractivity contribution in [1.82, 2.24) is 14.0 Å². The van der Waals surface area contributed by atoms with Crippen molar-refractivity contribution in [3.8, 4) is 11.5 Å². The number of esters is 1. The highest BCUT2D eigenvalue weighted by Crippen LogP contribution is 2.32. The van der Waals surface area contributed by atoms with Gasteiger partial charge in [0.15, 0.2) is 11.5 Å². The lowest BCUT2D eigenvalue weighted by atomic mass is 9.98. The fraction of sp³-hybridized carbons (Fsp3) is 0.417. The number of amides is 1. The second-order valence-electron chi connectivity index (χ2n) is 8.51. The first-order valence-corrected chi connectivity index (χ1v) is 12.4. The van der Waals surface area contributed by atoms with Gasteiger partial charge < -0.3 is 19.1 Å². The van der Waals surface area contributed by atoms with E-state index in [0.717, 1.165) is 4.57 Å². The van der Waals surface area contributed by atoms with Crippen LogP contribution in [0.4, 0.5) is 0 Å². The number of likely N-dealkylation sites (tertiary alicyclic amines) is 1. The molecule has 1 atom stereocenters. The number of piperidine rings is 1. The zero-order chi connectivity index (χ0) is 24.5. The van der Waals surface area contributed by atoms with E-state index in [4.69, 9.17) is 14.2 Å². The molecule has 1 aromatic carbocycles. The molecule has 0 radical (unpaired) electrons. The van der Waals surface area contributed by atoms with Crippen molar-refractivity contribution in [2.45, 2.75) is 32.9 Å². The van der Waals surface area contributed by atoms with E-state index in [1.165, 1.54) is 15.9 Å². The Morgan fingerprint density at radius 3 is 2.80 bits per heavy atom. The van der Waals surface area contributed by atoms with Gasteiger partial charge in [-0.25, -0.2) is 4.79 Å². The largest absolute Gasteiger partial charge is 0.466 e. The van der Waals surface area contributed by atoms with Gasteiger partial charge in [0, 0.05) is 13.1 Å². The third kappa shape index (κ3) is 4.43. The molecule has 0 unspecified atom stereocenters. The maximum atomic E-state index is 13.4. The highest BCUT2D eigenvalue weighted by Gasteiger charge is 2.30. The van der Waals surface area contributed by atoms with Crippen molar-refractivity contribution in [1.29, 1.82) is 0 Å². The molecule has 3 aromatic rings. The Balaban J connectivity index is 1.44. The summed E-state index contributed by atoms with van der Waals surface area (Å²) in [6.07, 6.45) is 1.35. The van der Waals surface area contributed by atoms with Crippen LogP contribution in [0.15, 0.2) is 39.2 Å². The van der Waals surface area contributed by atoms with Crippen LogP contribution in [0.1, 0.15) is 25.3 Å². The fourth-order valence-electron chi connectivity index (χ4n) is 4.54. The minimum Gasteiger partial charge on any atom is -0.466 e. The Morgan fingerprint density at radius 2 is 1.97 bits per heavy atom. The van der Waals surface area contributed by atoms with Gasteiger partial charge in [-0.3, -0.25) is 23.5 Å². The zero-order valence-corrected chi connectivity index (χ0v) is 20.0. The number of hydrogen-bond acceptors (Lipinski definition) is 8. The Labute approximate surface area is 204 Å². The molecular weight excluding hydrogens is 474 g/mol. The molecule has 0 saturated carbocycles. The van der Waals surface area contributed by atoms with E-state index in [1.807, 2.05) is 0 Å². The van der Waals surface area contributed by atoms with Crippen LogP contribution in [-0.2, 0) is 27.4 Å². The predicted octanol–water partition coefficient (Wildman–Crippen LogP) is 1.80. The molecule has 35 heavy (non-hydrogen) atoms. The van der Waals surface area contributed by atoms with Gasteiger partial charge in [0.1, 0.15) is 11.2 Å². The monoisotopic (exact) mass is 499 g/mol. The molecule has 184 valence electrons. The highest BCUT2D eigenvalue weighted by molar-refractivity contribution is 7.17. The first kappa shape index (κ1) is 23.2. The number of benzene rings is 1. The number of hydrogen-bond donors (Lipinski definition) is 0. The number of ether oxygens (including phenoxy) is 3. The molecule has 1 amide bonds. The summed E-state index contributed by atoms with van der Waals surface area (Å²) < 4.78 is 18.7. The van der Waals surface area contributed by atoms with Crippen LogP contribution in [0, 0.1) is 5.92 Å². The summed E-state index contributed by atoms with van der Waals surface area (Å²) >= 11 is 1.23. The average Bonchev–Trinajstić information content (AvgIpc) is 3.54. The van der Waals surface area contributed by atoms with Gasteiger partial charge >= 0.3 is 11.7 Å². The first-order valence-electron chi connectivity index (χ1n) is 11.5. The lowest BCUT2D eigenvalue weighted by Crippen LogP contribution is -2.47. The highest BCUT2D eigenvalue weighted by atomic mass is 32.1. The third-order valence-corrected chi connectivity index (χ3v) is 7.19. The van der Waals surface area contributed by atoms with Crippen LogP contribution in [0.2, 0.25) is 0 Å². The maximum Gasteiger partial charge on any atom is 0.332 e. The van der Waals surface area contributed by atoms with Gasteiger partial charge in [-0.15, -0.1) is 11.3 Å². The zero-order valence-electron chi connectivity index (χ0n) is 19.2. The summed E-state index contributed by atoms with van der Waals surface area (Å²) in [6.45, 7) is 2.75. The lowest BCUT2D eigenvalue weighted by Gasteiger charge is -2.31. The summed E-state index contributed by atoms with van der Waals surface area (Å²) in [5, 5.41) is 1.73. The summed E-state index contributed by atoms with van der Waals surface area (Å²) in [5.74, 6) is 0.219. The third-order valence-electron chi connectivity index (χ3n) is 6.30. The van der Waals surface area contributed by atoms with Crippen molar-refractivity contribution in [2.24, 2.45) is 5.92 Å². The number of carbonyl (C=O) groups is 2. The van der Waals surface area contributed by atoms with Gasteiger partial charge in [-0.1, -0.05) is 6.07 Å². The summed E-state index contributed by atoms with van der Waals surface area (Å²) in [5.41, 5.74) is 0.169. The molecule has 2 aliphatic rings. The topological polar surface area (TPSA) is 109 Å². The lowest BCUT2D eigenvalue weighted by molar-refractivity contribution is -0.151. The van der Waals surface area contributed by atoms with E-state index >= 15 is 0 Å². The van der Waals surface area contributed by atoms with Crippen LogP contribution < -0.4 is 20.7 Å². The number of rotatable bonds is 6. The maximum absolute atomic E-state index is 13.4. The van der Waals surface area contributed by atoms with E-state index in [9.17, 15) is 19.2 Å². The Bertz CT molecular complexity index is 1410. The Kier molecular flexibility index (Phi) is 6.33. The van der Waals surface area contributed by atoms with Crippen LogP contribution in [0.3, 0.4) is 0 Å². The molecular formula is C24H25N3O7S. The average molecular weight is 500 g/mol. The molecule has 2 aliphatic heterocycles. The number of nitrogens with zero attached hydrogens (tertiary/aromatic N) is 3. The number of fused-ring (bicyclic) bond motifs is 2. The van der Waals surface area contributed by atoms with Crippen molar-refractivity contribution in [3.63, 3.8) is 0 Å². The van der Waals surface area contributed by atoms with E-state index in [0.29, 0.717) is 53.3 Å². The second-order valence-corrected chi connectivity index (χ2v) is 9.43. The number of thiophene rings is 1. The molecule has 0 spiro atoms. The number of aromatic nitrogens is 2. The van der Waals surface area contributed by atoms with Gasteiger partial charge in [0.05, 0.1) is 24.6 Å². The SMILES string of the molecule is CCOC(=O)[C@H]1CCCN(C(=O)Cn2c(=O)n(Cc3ccc4c(c3)OCO4)c(=O)c3sccc32)C1. The van der Waals surface area contributed by atoms with Crippen molar-refractivity contribution >= 4 is 33.4 Å². The van der Waals surface area contributed by atoms with Gasteiger partial charge in [-0.2, -0.15) is 0 Å². The van der Waals surface area contributed by atoms with Crippen LogP contribution >= 0.6 is 11.3 Å². The van der Waals surface area contributed by atoms with E-state index in [2.05, 4.69) is 0 Å². The summed E-state index contributed by atoms with van der Waals surface area (Å²) in [6, 6.07) is 6.94. The number of carbonyl (C=O) groups excluding carboxylic acids is 2. The summed E-state index contributed by atoms with van der Waals surface area (Å²) in [4.78, 5) is 53.5.